The second-order valence-electron chi connectivity index (χ2n) is 6.90. The van der Waals surface area contributed by atoms with Gasteiger partial charge in [0.15, 0.2) is 0 Å². The van der Waals surface area contributed by atoms with E-state index in [0.29, 0.717) is 18.0 Å². The molecule has 0 bridgehead atoms. The Kier molecular flexibility index (Phi) is 4.08. The molecule has 5 heteroatoms. The third-order valence-corrected chi connectivity index (χ3v) is 5.29. The molecule has 4 nitrogen and oxygen atoms in total. The lowest BCUT2D eigenvalue weighted by molar-refractivity contribution is -0.131. The molecule has 4 rings (SSSR count). The van der Waals surface area contributed by atoms with Gasteiger partial charge in [-0.15, -0.1) is 0 Å². The summed E-state index contributed by atoms with van der Waals surface area (Å²) in [5.41, 5.74) is 1.60. The lowest BCUT2D eigenvalue weighted by Crippen LogP contribution is -2.51. The summed E-state index contributed by atoms with van der Waals surface area (Å²) >= 11 is 0. The fraction of sp³-hybridized carbons (Fsp3) is 0.474. The normalized spacial score (nSPS) is 19.5. The first-order valence-corrected chi connectivity index (χ1v) is 8.78. The number of anilines is 1. The summed E-state index contributed by atoms with van der Waals surface area (Å²) in [4.78, 5) is 20.9. The number of aromatic nitrogens is 1. The van der Waals surface area contributed by atoms with Gasteiger partial charge in [0.25, 0.3) is 0 Å². The molecular weight excluding hydrogens is 305 g/mol. The van der Waals surface area contributed by atoms with Gasteiger partial charge >= 0.3 is 0 Å². The Hall–Kier alpha value is -2.17. The van der Waals surface area contributed by atoms with Crippen LogP contribution in [0.15, 0.2) is 30.5 Å². The molecule has 2 aromatic rings. The lowest BCUT2D eigenvalue weighted by atomic mass is 10.1. The average molecular weight is 327 g/mol. The lowest BCUT2D eigenvalue weighted by Gasteiger charge is -2.37. The van der Waals surface area contributed by atoms with Crippen molar-refractivity contribution in [3.8, 4) is 0 Å². The monoisotopic (exact) mass is 327 g/mol. The molecule has 1 aliphatic heterocycles. The number of rotatable bonds is 3. The van der Waals surface area contributed by atoms with Crippen molar-refractivity contribution in [2.45, 2.75) is 25.7 Å². The van der Waals surface area contributed by atoms with Gasteiger partial charge in [-0.05, 0) is 37.0 Å². The van der Waals surface area contributed by atoms with E-state index in [1.54, 1.807) is 12.3 Å². The van der Waals surface area contributed by atoms with E-state index in [4.69, 9.17) is 0 Å². The zero-order valence-corrected chi connectivity index (χ0v) is 13.7. The topological polar surface area (TPSA) is 36.4 Å². The predicted octanol–water partition coefficient (Wildman–Crippen LogP) is 3.21. The third-order valence-electron chi connectivity index (χ3n) is 5.29. The molecule has 0 N–H and O–H groups in total. The van der Waals surface area contributed by atoms with Crippen LogP contribution in [0.4, 0.5) is 10.1 Å². The minimum absolute atomic E-state index is 0.195. The summed E-state index contributed by atoms with van der Waals surface area (Å²) in [6.45, 7) is 2.88. The van der Waals surface area contributed by atoms with Gasteiger partial charge in [0.1, 0.15) is 5.82 Å². The maximum atomic E-state index is 13.4. The zero-order chi connectivity index (χ0) is 16.5. The molecule has 1 aromatic heterocycles. The van der Waals surface area contributed by atoms with Crippen molar-refractivity contribution in [2.75, 3.05) is 31.1 Å². The number of nitrogens with zero attached hydrogens (tertiary/aromatic N) is 3. The van der Waals surface area contributed by atoms with Crippen molar-refractivity contribution in [1.82, 2.24) is 9.88 Å². The zero-order valence-electron chi connectivity index (χ0n) is 13.7. The van der Waals surface area contributed by atoms with Gasteiger partial charge in [0, 0.05) is 43.0 Å². The summed E-state index contributed by atoms with van der Waals surface area (Å²) in [5.74, 6) is 0.593. The van der Waals surface area contributed by atoms with Gasteiger partial charge in [-0.1, -0.05) is 12.8 Å². The Balaban J connectivity index is 1.51. The van der Waals surface area contributed by atoms with E-state index in [1.165, 1.54) is 37.8 Å². The van der Waals surface area contributed by atoms with Crippen LogP contribution >= 0.6 is 0 Å². The fourth-order valence-corrected chi connectivity index (χ4v) is 3.99. The van der Waals surface area contributed by atoms with Gasteiger partial charge < -0.3 is 9.80 Å². The highest BCUT2D eigenvalue weighted by Crippen LogP contribution is 2.29. The maximum Gasteiger partial charge on any atom is 0.242 e. The molecule has 2 fully saturated rings. The SMILES string of the molecule is O=C1CN(c2ccnc3cc(F)ccc23)CCN1CC1CCCC1. The van der Waals surface area contributed by atoms with E-state index in [9.17, 15) is 9.18 Å². The summed E-state index contributed by atoms with van der Waals surface area (Å²) < 4.78 is 13.4. The van der Waals surface area contributed by atoms with Gasteiger partial charge in [0.2, 0.25) is 5.91 Å². The minimum Gasteiger partial charge on any atom is -0.360 e. The van der Waals surface area contributed by atoms with Crippen LogP contribution in [0.3, 0.4) is 0 Å². The molecule has 1 amide bonds. The first kappa shape index (κ1) is 15.4. The van der Waals surface area contributed by atoms with Crippen LogP contribution in [-0.2, 0) is 4.79 Å². The summed E-state index contributed by atoms with van der Waals surface area (Å²) in [5, 5.41) is 0.899. The van der Waals surface area contributed by atoms with Crippen molar-refractivity contribution in [3.63, 3.8) is 0 Å². The second kappa shape index (κ2) is 6.38. The number of fused-ring (bicyclic) bond motifs is 1. The molecule has 1 aliphatic carbocycles. The summed E-state index contributed by atoms with van der Waals surface area (Å²) in [7, 11) is 0. The quantitative estimate of drug-likeness (QED) is 0.868. The Bertz CT molecular complexity index is 757. The highest BCUT2D eigenvalue weighted by Gasteiger charge is 2.28. The number of piperazine rings is 1. The van der Waals surface area contributed by atoms with Crippen LogP contribution < -0.4 is 4.90 Å². The highest BCUT2D eigenvalue weighted by molar-refractivity contribution is 5.94. The van der Waals surface area contributed by atoms with E-state index in [1.807, 2.05) is 11.0 Å². The van der Waals surface area contributed by atoms with Crippen LogP contribution in [0.1, 0.15) is 25.7 Å². The molecule has 0 atom stereocenters. The summed E-state index contributed by atoms with van der Waals surface area (Å²) in [6, 6.07) is 6.56. The molecule has 2 heterocycles. The standard InChI is InChI=1S/C19H22FN3O/c20-15-5-6-16-17(11-15)21-8-7-18(16)22-9-10-23(19(24)13-22)12-14-3-1-2-4-14/h5-8,11,14H,1-4,9-10,12-13H2. The molecule has 126 valence electrons. The van der Waals surface area contributed by atoms with Crippen LogP contribution in [0.2, 0.25) is 0 Å². The summed E-state index contributed by atoms with van der Waals surface area (Å²) in [6.07, 6.45) is 6.81. The van der Waals surface area contributed by atoms with Gasteiger partial charge in [0.05, 0.1) is 12.1 Å². The molecular formula is C19H22FN3O. The number of hydrogen-bond acceptors (Lipinski definition) is 3. The van der Waals surface area contributed by atoms with Crippen LogP contribution in [-0.4, -0.2) is 42.0 Å². The van der Waals surface area contributed by atoms with E-state index < -0.39 is 0 Å². The number of hydrogen-bond donors (Lipinski definition) is 0. The number of halogens is 1. The van der Waals surface area contributed by atoms with Crippen molar-refractivity contribution in [2.24, 2.45) is 5.92 Å². The van der Waals surface area contributed by atoms with Crippen LogP contribution in [0, 0.1) is 11.7 Å². The van der Waals surface area contributed by atoms with E-state index in [2.05, 4.69) is 9.88 Å². The van der Waals surface area contributed by atoms with Crippen molar-refractivity contribution in [3.05, 3.63) is 36.3 Å². The molecule has 2 aliphatic rings. The van der Waals surface area contributed by atoms with Gasteiger partial charge in [-0.25, -0.2) is 4.39 Å². The Labute approximate surface area is 141 Å². The van der Waals surface area contributed by atoms with E-state index in [-0.39, 0.29) is 11.7 Å². The molecule has 0 spiro atoms. The molecule has 0 radical (unpaired) electrons. The smallest absolute Gasteiger partial charge is 0.242 e. The Morgan fingerprint density at radius 1 is 1.17 bits per heavy atom. The highest BCUT2D eigenvalue weighted by atomic mass is 19.1. The van der Waals surface area contributed by atoms with Gasteiger partial charge in [-0.2, -0.15) is 0 Å². The van der Waals surface area contributed by atoms with Crippen molar-refractivity contribution < 1.29 is 9.18 Å². The average Bonchev–Trinajstić information content (AvgIpc) is 3.09. The predicted molar refractivity (Wildman–Crippen MR) is 92.5 cm³/mol. The first-order valence-electron chi connectivity index (χ1n) is 8.78. The number of carbonyl (C=O) groups excluding carboxylic acids is 1. The molecule has 1 saturated carbocycles. The first-order chi connectivity index (χ1) is 11.7. The Morgan fingerprint density at radius 3 is 2.79 bits per heavy atom. The maximum absolute atomic E-state index is 13.4. The largest absolute Gasteiger partial charge is 0.360 e. The molecule has 24 heavy (non-hydrogen) atoms. The van der Waals surface area contributed by atoms with Crippen LogP contribution in [0.25, 0.3) is 10.9 Å². The Morgan fingerprint density at radius 2 is 2.00 bits per heavy atom. The molecule has 0 unspecified atom stereocenters. The third kappa shape index (κ3) is 2.95. The van der Waals surface area contributed by atoms with Crippen molar-refractivity contribution >= 4 is 22.5 Å². The molecule has 1 saturated heterocycles. The number of benzene rings is 1. The van der Waals surface area contributed by atoms with Gasteiger partial charge in [-0.3, -0.25) is 9.78 Å². The van der Waals surface area contributed by atoms with E-state index in [0.717, 1.165) is 30.7 Å². The molecule has 1 aromatic carbocycles. The van der Waals surface area contributed by atoms with Crippen LogP contribution in [0.5, 0.6) is 0 Å². The second-order valence-corrected chi connectivity index (χ2v) is 6.90. The minimum atomic E-state index is -0.287. The van der Waals surface area contributed by atoms with Crippen molar-refractivity contribution in [1.29, 1.82) is 0 Å². The number of carbonyl (C=O) groups is 1. The van der Waals surface area contributed by atoms with E-state index >= 15 is 0 Å². The number of pyridine rings is 1. The number of amides is 1. The fourth-order valence-electron chi connectivity index (χ4n) is 3.99.